The smallest absolute Gasteiger partial charge is 0.227 e. The van der Waals surface area contributed by atoms with Crippen LogP contribution in [0.2, 0.25) is 0 Å². The summed E-state index contributed by atoms with van der Waals surface area (Å²) < 4.78 is 7.72. The van der Waals surface area contributed by atoms with E-state index in [4.69, 9.17) is 4.74 Å². The maximum absolute atomic E-state index is 12.9. The molecular weight excluding hydrogens is 332 g/mol. The van der Waals surface area contributed by atoms with E-state index >= 15 is 0 Å². The lowest BCUT2D eigenvalue weighted by Gasteiger charge is -2.33. The van der Waals surface area contributed by atoms with Crippen LogP contribution in [0.3, 0.4) is 0 Å². The SMILES string of the molecule is Cc1nn(C)c(C)c1CC(=O)N1CCO[C@@H](c2nccnc2N(C)C)C1. The van der Waals surface area contributed by atoms with Gasteiger partial charge in [-0.15, -0.1) is 0 Å². The van der Waals surface area contributed by atoms with Crippen LogP contribution in [0.4, 0.5) is 5.82 Å². The minimum absolute atomic E-state index is 0.0905. The number of anilines is 1. The molecule has 8 heteroatoms. The molecule has 0 unspecified atom stereocenters. The summed E-state index contributed by atoms with van der Waals surface area (Å²) in [7, 11) is 5.75. The first-order valence-electron chi connectivity index (χ1n) is 8.75. The van der Waals surface area contributed by atoms with Gasteiger partial charge in [-0.3, -0.25) is 14.5 Å². The molecule has 3 rings (SSSR count). The van der Waals surface area contributed by atoms with Crippen molar-refractivity contribution in [3.63, 3.8) is 0 Å². The molecule has 140 valence electrons. The molecule has 1 saturated heterocycles. The van der Waals surface area contributed by atoms with Gasteiger partial charge in [0.1, 0.15) is 11.8 Å². The van der Waals surface area contributed by atoms with Crippen LogP contribution in [0.5, 0.6) is 0 Å². The molecule has 1 atom stereocenters. The van der Waals surface area contributed by atoms with Gasteiger partial charge in [-0.2, -0.15) is 5.10 Å². The molecule has 3 heterocycles. The van der Waals surface area contributed by atoms with Crippen LogP contribution in [0.1, 0.15) is 28.7 Å². The van der Waals surface area contributed by atoms with Crippen molar-refractivity contribution in [1.29, 1.82) is 0 Å². The number of nitrogens with zero attached hydrogens (tertiary/aromatic N) is 6. The molecule has 0 N–H and O–H groups in total. The Balaban J connectivity index is 1.75. The van der Waals surface area contributed by atoms with Gasteiger partial charge >= 0.3 is 0 Å². The molecule has 2 aromatic heterocycles. The van der Waals surface area contributed by atoms with Crippen LogP contribution in [-0.2, 0) is 23.0 Å². The number of carbonyl (C=O) groups is 1. The molecule has 0 radical (unpaired) electrons. The van der Waals surface area contributed by atoms with Crippen LogP contribution in [0.25, 0.3) is 0 Å². The Hall–Kier alpha value is -2.48. The molecule has 1 amide bonds. The highest BCUT2D eigenvalue weighted by Gasteiger charge is 2.29. The number of amides is 1. The standard InChI is InChI=1S/C18H26N6O2/c1-12-14(13(2)23(5)21-12)10-16(25)24-8-9-26-15(11-24)17-18(22(3)4)20-7-6-19-17/h6-7,15H,8-11H2,1-5H3/t15-/m1/s1. The number of morpholine rings is 1. The second-order valence-corrected chi connectivity index (χ2v) is 6.81. The molecule has 26 heavy (non-hydrogen) atoms. The average molecular weight is 358 g/mol. The van der Waals surface area contributed by atoms with E-state index in [0.29, 0.717) is 26.1 Å². The second kappa shape index (κ2) is 7.41. The fourth-order valence-corrected chi connectivity index (χ4v) is 3.29. The quantitative estimate of drug-likeness (QED) is 0.813. The average Bonchev–Trinajstić information content (AvgIpc) is 2.88. The lowest BCUT2D eigenvalue weighted by Crippen LogP contribution is -2.43. The maximum Gasteiger partial charge on any atom is 0.227 e. The summed E-state index contributed by atoms with van der Waals surface area (Å²) in [5.74, 6) is 0.860. The normalized spacial score (nSPS) is 17.4. The van der Waals surface area contributed by atoms with E-state index in [0.717, 1.165) is 28.5 Å². The van der Waals surface area contributed by atoms with Crippen molar-refractivity contribution in [1.82, 2.24) is 24.6 Å². The van der Waals surface area contributed by atoms with E-state index in [1.807, 2.05) is 49.5 Å². The molecule has 2 aromatic rings. The van der Waals surface area contributed by atoms with Gasteiger partial charge in [0, 0.05) is 51.3 Å². The summed E-state index contributed by atoms with van der Waals surface area (Å²) >= 11 is 0. The van der Waals surface area contributed by atoms with Gasteiger partial charge in [-0.25, -0.2) is 4.98 Å². The minimum atomic E-state index is -0.269. The fraction of sp³-hybridized carbons (Fsp3) is 0.556. The third-order valence-electron chi connectivity index (χ3n) is 4.84. The number of ether oxygens (including phenoxy) is 1. The van der Waals surface area contributed by atoms with E-state index in [2.05, 4.69) is 15.1 Å². The van der Waals surface area contributed by atoms with Crippen molar-refractivity contribution in [3.8, 4) is 0 Å². The molecule has 0 aromatic carbocycles. The van der Waals surface area contributed by atoms with Crippen LogP contribution >= 0.6 is 0 Å². The molecule has 0 aliphatic carbocycles. The van der Waals surface area contributed by atoms with Gasteiger partial charge in [0.15, 0.2) is 5.82 Å². The summed E-state index contributed by atoms with van der Waals surface area (Å²) in [5.41, 5.74) is 3.72. The van der Waals surface area contributed by atoms with E-state index in [1.165, 1.54) is 0 Å². The second-order valence-electron chi connectivity index (χ2n) is 6.81. The Morgan fingerprint density at radius 3 is 2.69 bits per heavy atom. The first-order valence-corrected chi connectivity index (χ1v) is 8.75. The summed E-state index contributed by atoms with van der Waals surface area (Å²) in [5, 5.41) is 4.40. The molecular formula is C18H26N6O2. The Bertz CT molecular complexity index is 801. The molecule has 8 nitrogen and oxygen atoms in total. The third-order valence-corrected chi connectivity index (χ3v) is 4.84. The molecule has 1 aliphatic heterocycles. The van der Waals surface area contributed by atoms with Crippen LogP contribution in [-0.4, -0.2) is 64.3 Å². The molecule has 0 saturated carbocycles. The first-order chi connectivity index (χ1) is 12.4. The van der Waals surface area contributed by atoms with Crippen molar-refractivity contribution in [3.05, 3.63) is 35.0 Å². The van der Waals surface area contributed by atoms with Crippen molar-refractivity contribution >= 4 is 11.7 Å². The number of carbonyl (C=O) groups excluding carboxylic acids is 1. The van der Waals surface area contributed by atoms with Crippen LogP contribution in [0.15, 0.2) is 12.4 Å². The number of aromatic nitrogens is 4. The van der Waals surface area contributed by atoms with E-state index in [-0.39, 0.29) is 12.0 Å². The third kappa shape index (κ3) is 3.55. The highest BCUT2D eigenvalue weighted by atomic mass is 16.5. The Morgan fingerprint density at radius 2 is 2.04 bits per heavy atom. The van der Waals surface area contributed by atoms with Gasteiger partial charge in [0.05, 0.1) is 25.3 Å². The predicted molar refractivity (Wildman–Crippen MR) is 98.0 cm³/mol. The lowest BCUT2D eigenvalue weighted by molar-refractivity contribution is -0.138. The van der Waals surface area contributed by atoms with Gasteiger partial charge in [0.25, 0.3) is 0 Å². The summed E-state index contributed by atoms with van der Waals surface area (Å²) in [6.07, 6.45) is 3.42. The first kappa shape index (κ1) is 18.3. The van der Waals surface area contributed by atoms with Gasteiger partial charge < -0.3 is 14.5 Å². The summed E-state index contributed by atoms with van der Waals surface area (Å²) in [6, 6.07) is 0. The number of hydrogen-bond donors (Lipinski definition) is 0. The molecule has 1 fully saturated rings. The van der Waals surface area contributed by atoms with Crippen molar-refractivity contribution in [2.75, 3.05) is 38.7 Å². The predicted octanol–water partition coefficient (Wildman–Crippen LogP) is 1.04. The van der Waals surface area contributed by atoms with E-state index in [9.17, 15) is 4.79 Å². The highest BCUT2D eigenvalue weighted by molar-refractivity contribution is 5.79. The van der Waals surface area contributed by atoms with Gasteiger partial charge in [-0.1, -0.05) is 0 Å². The van der Waals surface area contributed by atoms with Crippen molar-refractivity contribution in [2.45, 2.75) is 26.4 Å². The summed E-state index contributed by atoms with van der Waals surface area (Å²) in [4.78, 5) is 25.5. The fourth-order valence-electron chi connectivity index (χ4n) is 3.29. The molecule has 0 spiro atoms. The minimum Gasteiger partial charge on any atom is -0.368 e. The Kier molecular flexibility index (Phi) is 5.22. The Labute approximate surface area is 153 Å². The van der Waals surface area contributed by atoms with E-state index < -0.39 is 0 Å². The lowest BCUT2D eigenvalue weighted by atomic mass is 10.1. The highest BCUT2D eigenvalue weighted by Crippen LogP contribution is 2.27. The number of aryl methyl sites for hydroxylation is 2. The van der Waals surface area contributed by atoms with Crippen LogP contribution in [0, 0.1) is 13.8 Å². The zero-order valence-corrected chi connectivity index (χ0v) is 16.1. The van der Waals surface area contributed by atoms with Crippen molar-refractivity contribution < 1.29 is 9.53 Å². The Morgan fingerprint density at radius 1 is 1.31 bits per heavy atom. The monoisotopic (exact) mass is 358 g/mol. The van der Waals surface area contributed by atoms with Crippen LogP contribution < -0.4 is 4.90 Å². The van der Waals surface area contributed by atoms with Crippen molar-refractivity contribution in [2.24, 2.45) is 7.05 Å². The largest absolute Gasteiger partial charge is 0.368 e. The molecule has 1 aliphatic rings. The van der Waals surface area contributed by atoms with Gasteiger partial charge in [0.2, 0.25) is 5.91 Å². The topological polar surface area (TPSA) is 76.4 Å². The maximum atomic E-state index is 12.9. The summed E-state index contributed by atoms with van der Waals surface area (Å²) in [6.45, 7) is 5.50. The zero-order chi connectivity index (χ0) is 18.8. The van der Waals surface area contributed by atoms with Gasteiger partial charge in [-0.05, 0) is 13.8 Å². The molecule has 0 bridgehead atoms. The zero-order valence-electron chi connectivity index (χ0n) is 16.1. The number of hydrogen-bond acceptors (Lipinski definition) is 6. The number of rotatable bonds is 4. The van der Waals surface area contributed by atoms with E-state index in [1.54, 1.807) is 12.4 Å².